The third-order valence-corrected chi connectivity index (χ3v) is 5.72. The van der Waals surface area contributed by atoms with Crippen LogP contribution in [0.2, 0.25) is 5.02 Å². The molecule has 0 bridgehead atoms. The molecule has 7 nitrogen and oxygen atoms in total. The topological polar surface area (TPSA) is 89.5 Å². The lowest BCUT2D eigenvalue weighted by Crippen LogP contribution is -2.12. The van der Waals surface area contributed by atoms with E-state index in [1.165, 1.54) is 23.5 Å². The normalized spacial score (nSPS) is 10.9. The smallest absolute Gasteiger partial charge is 0.270 e. The lowest BCUT2D eigenvalue weighted by atomic mass is 10.1. The van der Waals surface area contributed by atoms with E-state index in [0.29, 0.717) is 31.8 Å². The van der Waals surface area contributed by atoms with Gasteiger partial charge in [-0.05, 0) is 19.1 Å². The molecule has 4 rings (SSSR count). The minimum atomic E-state index is -0.440. The lowest BCUT2D eigenvalue weighted by Gasteiger charge is -2.06. The highest BCUT2D eigenvalue weighted by atomic mass is 35.5. The first-order chi connectivity index (χ1) is 13.4. The number of fused-ring (bicyclic) bond motifs is 1. The van der Waals surface area contributed by atoms with Crippen molar-refractivity contribution in [2.75, 3.05) is 5.32 Å². The van der Waals surface area contributed by atoms with Gasteiger partial charge in [0.05, 0.1) is 21.3 Å². The Kier molecular flexibility index (Phi) is 4.58. The molecule has 9 heteroatoms. The minimum absolute atomic E-state index is 0.00498. The van der Waals surface area contributed by atoms with E-state index in [9.17, 15) is 14.9 Å². The molecule has 0 radical (unpaired) electrons. The number of aryl methyl sites for hydroxylation is 1. The molecule has 0 saturated heterocycles. The van der Waals surface area contributed by atoms with Gasteiger partial charge in [0.15, 0.2) is 4.96 Å². The molecule has 28 heavy (non-hydrogen) atoms. The number of imidazole rings is 1. The van der Waals surface area contributed by atoms with Crippen molar-refractivity contribution in [2.45, 2.75) is 6.92 Å². The average Bonchev–Trinajstić information content (AvgIpc) is 3.23. The fourth-order valence-electron chi connectivity index (χ4n) is 2.82. The van der Waals surface area contributed by atoms with Crippen LogP contribution in [0.1, 0.15) is 15.4 Å². The number of hydrogen-bond donors (Lipinski definition) is 1. The van der Waals surface area contributed by atoms with Crippen molar-refractivity contribution in [1.29, 1.82) is 0 Å². The predicted molar refractivity (Wildman–Crippen MR) is 109 cm³/mol. The molecule has 4 aromatic rings. The number of nitrogens with zero attached hydrogens (tertiary/aromatic N) is 3. The fraction of sp³-hybridized carbons (Fsp3) is 0.0526. The van der Waals surface area contributed by atoms with Crippen molar-refractivity contribution in [1.82, 2.24) is 9.38 Å². The number of anilines is 1. The van der Waals surface area contributed by atoms with E-state index in [2.05, 4.69) is 10.3 Å². The van der Waals surface area contributed by atoms with Crippen LogP contribution in [0.15, 0.2) is 54.7 Å². The molecule has 0 aliphatic carbocycles. The molecular weight excluding hydrogens is 400 g/mol. The van der Waals surface area contributed by atoms with Gasteiger partial charge < -0.3 is 5.32 Å². The van der Waals surface area contributed by atoms with Gasteiger partial charge in [0.1, 0.15) is 4.88 Å². The summed E-state index contributed by atoms with van der Waals surface area (Å²) in [5.41, 5.74) is 2.53. The monoisotopic (exact) mass is 412 g/mol. The van der Waals surface area contributed by atoms with Crippen LogP contribution in [0, 0.1) is 17.0 Å². The largest absolute Gasteiger partial charge is 0.320 e. The number of rotatable bonds is 4. The molecule has 0 aliphatic heterocycles. The molecule has 1 amide bonds. The van der Waals surface area contributed by atoms with Gasteiger partial charge in [-0.25, -0.2) is 4.98 Å². The Labute approximate surface area is 168 Å². The number of aromatic nitrogens is 2. The van der Waals surface area contributed by atoms with E-state index < -0.39 is 4.92 Å². The number of nitro groups is 1. The molecule has 140 valence electrons. The number of carbonyl (C=O) groups excluding carboxylic acids is 1. The zero-order valence-corrected chi connectivity index (χ0v) is 16.1. The number of halogens is 1. The summed E-state index contributed by atoms with van der Waals surface area (Å²) in [7, 11) is 0. The highest BCUT2D eigenvalue weighted by molar-refractivity contribution is 7.19. The molecule has 0 atom stereocenters. The second kappa shape index (κ2) is 7.06. The van der Waals surface area contributed by atoms with Crippen molar-refractivity contribution in [3.8, 4) is 11.3 Å². The van der Waals surface area contributed by atoms with Gasteiger partial charge in [0, 0.05) is 29.6 Å². The summed E-state index contributed by atoms with van der Waals surface area (Å²) in [6.45, 7) is 1.82. The highest BCUT2D eigenvalue weighted by Gasteiger charge is 2.19. The predicted octanol–water partition coefficient (Wildman–Crippen LogP) is 5.19. The highest BCUT2D eigenvalue weighted by Crippen LogP contribution is 2.30. The number of non-ortho nitro benzene ring substituents is 1. The molecule has 0 unspecified atom stereocenters. The second-order valence-electron chi connectivity index (χ2n) is 6.04. The Morgan fingerprint density at radius 1 is 1.25 bits per heavy atom. The Morgan fingerprint density at radius 2 is 2.04 bits per heavy atom. The van der Waals surface area contributed by atoms with Crippen LogP contribution in [0.4, 0.5) is 11.4 Å². The minimum Gasteiger partial charge on any atom is -0.320 e. The van der Waals surface area contributed by atoms with Crippen LogP contribution >= 0.6 is 22.9 Å². The quantitative estimate of drug-likeness (QED) is 0.369. The summed E-state index contributed by atoms with van der Waals surface area (Å²) in [6, 6.07) is 13.3. The first-order valence-corrected chi connectivity index (χ1v) is 9.42. The molecule has 0 fully saturated rings. The van der Waals surface area contributed by atoms with Crippen LogP contribution in [0.25, 0.3) is 16.2 Å². The average molecular weight is 413 g/mol. The van der Waals surface area contributed by atoms with E-state index in [-0.39, 0.29) is 11.6 Å². The van der Waals surface area contributed by atoms with Gasteiger partial charge in [-0.15, -0.1) is 0 Å². The third kappa shape index (κ3) is 3.23. The van der Waals surface area contributed by atoms with E-state index in [0.717, 1.165) is 5.69 Å². The van der Waals surface area contributed by atoms with Crippen molar-refractivity contribution in [3.05, 3.63) is 80.4 Å². The van der Waals surface area contributed by atoms with Gasteiger partial charge in [0.2, 0.25) is 0 Å². The molecule has 2 aromatic heterocycles. The Morgan fingerprint density at radius 3 is 2.75 bits per heavy atom. The summed E-state index contributed by atoms with van der Waals surface area (Å²) in [5.74, 6) is -0.266. The summed E-state index contributed by atoms with van der Waals surface area (Å²) in [5, 5.41) is 14.3. The van der Waals surface area contributed by atoms with Gasteiger partial charge in [-0.1, -0.05) is 47.2 Å². The van der Waals surface area contributed by atoms with Crippen molar-refractivity contribution < 1.29 is 9.72 Å². The van der Waals surface area contributed by atoms with Crippen molar-refractivity contribution in [3.63, 3.8) is 0 Å². The number of benzene rings is 2. The maximum Gasteiger partial charge on any atom is 0.270 e. The van der Waals surface area contributed by atoms with Crippen LogP contribution in [-0.2, 0) is 0 Å². The van der Waals surface area contributed by atoms with E-state index in [1.807, 2.05) is 6.92 Å². The van der Waals surface area contributed by atoms with Gasteiger partial charge in [0.25, 0.3) is 11.6 Å². The number of thiazole rings is 1. The molecule has 2 aromatic carbocycles. The van der Waals surface area contributed by atoms with Crippen LogP contribution < -0.4 is 5.32 Å². The maximum atomic E-state index is 12.7. The van der Waals surface area contributed by atoms with Crippen molar-refractivity contribution in [2.24, 2.45) is 0 Å². The number of hydrogen-bond acceptors (Lipinski definition) is 5. The maximum absolute atomic E-state index is 12.7. The molecule has 1 N–H and O–H groups in total. The third-order valence-electron chi connectivity index (χ3n) is 4.24. The first-order valence-electron chi connectivity index (χ1n) is 8.23. The lowest BCUT2D eigenvalue weighted by molar-refractivity contribution is -0.384. The molecule has 0 spiro atoms. The zero-order chi connectivity index (χ0) is 19.8. The SMILES string of the molecule is Cc1c(C(=O)Nc2ccccc2Cl)sc2nc(-c3cccc([N+](=O)[O-])c3)cn12. The number of para-hydroxylation sites is 1. The van der Waals surface area contributed by atoms with Crippen LogP contribution in [0.3, 0.4) is 0 Å². The van der Waals surface area contributed by atoms with Gasteiger partial charge in [-0.3, -0.25) is 19.3 Å². The standard InChI is InChI=1S/C19H13ClN4O3S/c1-11-17(18(25)21-15-8-3-2-7-14(15)20)28-19-22-16(10-23(11)19)12-5-4-6-13(9-12)24(26)27/h2-10H,1H3,(H,21,25). The van der Waals surface area contributed by atoms with E-state index in [1.54, 1.807) is 47.0 Å². The summed E-state index contributed by atoms with van der Waals surface area (Å²) >= 11 is 7.35. The van der Waals surface area contributed by atoms with E-state index in [4.69, 9.17) is 11.6 Å². The Bertz CT molecular complexity index is 1230. The summed E-state index contributed by atoms with van der Waals surface area (Å²) < 4.78 is 1.81. The van der Waals surface area contributed by atoms with E-state index >= 15 is 0 Å². The number of carbonyl (C=O) groups is 1. The molecule has 0 aliphatic rings. The van der Waals surface area contributed by atoms with Gasteiger partial charge >= 0.3 is 0 Å². The zero-order valence-electron chi connectivity index (χ0n) is 14.5. The van der Waals surface area contributed by atoms with Crippen molar-refractivity contribution >= 4 is 45.2 Å². The van der Waals surface area contributed by atoms with Crippen LogP contribution in [-0.4, -0.2) is 20.2 Å². The number of nitrogens with one attached hydrogen (secondary N) is 1. The Balaban J connectivity index is 1.67. The van der Waals surface area contributed by atoms with Gasteiger partial charge in [-0.2, -0.15) is 0 Å². The molecular formula is C19H13ClN4O3S. The summed E-state index contributed by atoms with van der Waals surface area (Å²) in [4.78, 5) is 28.9. The molecule has 0 saturated carbocycles. The molecule has 2 heterocycles. The second-order valence-corrected chi connectivity index (χ2v) is 7.42. The van der Waals surface area contributed by atoms with Crippen LogP contribution in [0.5, 0.6) is 0 Å². The first kappa shape index (κ1) is 18.1. The fourth-order valence-corrected chi connectivity index (χ4v) is 4.01. The summed E-state index contributed by atoms with van der Waals surface area (Å²) in [6.07, 6.45) is 1.77. The number of nitro benzene ring substituents is 1. The Hall–Kier alpha value is -3.23. The number of amides is 1.